The summed E-state index contributed by atoms with van der Waals surface area (Å²) < 4.78 is 3.44. The highest BCUT2D eigenvalue weighted by molar-refractivity contribution is 5.80. The van der Waals surface area contributed by atoms with Crippen LogP contribution in [-0.2, 0) is 24.4 Å². The van der Waals surface area contributed by atoms with Gasteiger partial charge in [-0.05, 0) is 38.8 Å². The van der Waals surface area contributed by atoms with Crippen LogP contribution >= 0.6 is 0 Å². The first-order valence-corrected chi connectivity index (χ1v) is 10.9. The molecule has 3 aromatic heterocycles. The quantitative estimate of drug-likeness (QED) is 0.527. The van der Waals surface area contributed by atoms with Crippen molar-refractivity contribution in [2.45, 2.75) is 53.2 Å². The van der Waals surface area contributed by atoms with Gasteiger partial charge in [0, 0.05) is 29.9 Å². The lowest BCUT2D eigenvalue weighted by atomic mass is 10.1. The number of aryl methyl sites for hydroxylation is 4. The number of nitrogens with one attached hydrogen (secondary N) is 1. The third-order valence-electron chi connectivity index (χ3n) is 6.11. The summed E-state index contributed by atoms with van der Waals surface area (Å²) in [5.41, 5.74) is 6.65. The van der Waals surface area contributed by atoms with Crippen molar-refractivity contribution in [1.29, 1.82) is 0 Å². The SMILES string of the molecule is Cc1cc(C)n(CCCC(=O)N2Cc3nc4c(-c5ccccc5)c(C)[nH]n4c(=O)c3C2)n1. The average Bonchev–Trinajstić information content (AvgIpc) is 3.44. The van der Waals surface area contributed by atoms with Crippen molar-refractivity contribution >= 4 is 11.6 Å². The fourth-order valence-electron chi connectivity index (χ4n) is 4.55. The van der Waals surface area contributed by atoms with E-state index in [1.165, 1.54) is 4.52 Å². The number of nitrogens with zero attached hydrogens (tertiary/aromatic N) is 5. The Bertz CT molecular complexity index is 1380. The molecule has 5 rings (SSSR count). The Labute approximate surface area is 185 Å². The van der Waals surface area contributed by atoms with Gasteiger partial charge in [0.2, 0.25) is 5.91 Å². The molecule has 164 valence electrons. The molecule has 0 bridgehead atoms. The number of hydrogen-bond donors (Lipinski definition) is 1. The fourth-order valence-corrected chi connectivity index (χ4v) is 4.55. The number of benzene rings is 1. The van der Waals surface area contributed by atoms with Crippen molar-refractivity contribution in [3.8, 4) is 11.1 Å². The normalized spacial score (nSPS) is 13.2. The molecule has 0 spiro atoms. The van der Waals surface area contributed by atoms with Crippen molar-refractivity contribution < 1.29 is 4.79 Å². The fraction of sp³-hybridized carbons (Fsp3) is 0.333. The van der Waals surface area contributed by atoms with Crippen molar-refractivity contribution in [3.63, 3.8) is 0 Å². The Kier molecular flexibility index (Phi) is 4.92. The number of H-pyrrole nitrogens is 1. The summed E-state index contributed by atoms with van der Waals surface area (Å²) in [6.07, 6.45) is 1.12. The van der Waals surface area contributed by atoms with Gasteiger partial charge in [-0.25, -0.2) is 9.50 Å². The minimum atomic E-state index is -0.131. The number of aromatic nitrogens is 5. The molecule has 8 heteroatoms. The van der Waals surface area contributed by atoms with E-state index in [1.54, 1.807) is 4.90 Å². The average molecular weight is 431 g/mol. The summed E-state index contributed by atoms with van der Waals surface area (Å²) in [4.78, 5) is 32.5. The molecule has 8 nitrogen and oxygen atoms in total. The van der Waals surface area contributed by atoms with Gasteiger partial charge >= 0.3 is 0 Å². The molecular formula is C24H26N6O2. The van der Waals surface area contributed by atoms with Crippen molar-refractivity contribution in [1.82, 2.24) is 29.3 Å². The van der Waals surface area contributed by atoms with Crippen LogP contribution < -0.4 is 5.56 Å². The van der Waals surface area contributed by atoms with E-state index < -0.39 is 0 Å². The second-order valence-corrected chi connectivity index (χ2v) is 8.48. The predicted molar refractivity (Wildman–Crippen MR) is 121 cm³/mol. The van der Waals surface area contributed by atoms with Crippen LogP contribution in [0.1, 0.15) is 41.2 Å². The van der Waals surface area contributed by atoms with Gasteiger partial charge in [0.15, 0.2) is 5.65 Å². The summed E-state index contributed by atoms with van der Waals surface area (Å²) >= 11 is 0. The molecule has 32 heavy (non-hydrogen) atoms. The molecule has 0 atom stereocenters. The number of amides is 1. The lowest BCUT2D eigenvalue weighted by Gasteiger charge is -2.14. The summed E-state index contributed by atoms with van der Waals surface area (Å²) in [5, 5.41) is 7.60. The standard InChI is InChI=1S/C24H26N6O2/c1-15-12-16(2)29(26-15)11-7-10-21(31)28-13-19-20(14-28)25-23-22(18-8-5-4-6-9-18)17(3)27-30(23)24(19)32/h4-6,8-9,12,27H,7,10-11,13-14H2,1-3H3. The number of rotatable bonds is 5. The molecule has 0 radical (unpaired) electrons. The van der Waals surface area contributed by atoms with Gasteiger partial charge in [-0.3, -0.25) is 19.4 Å². The number of aromatic amines is 1. The van der Waals surface area contributed by atoms with Crippen LogP contribution in [-0.4, -0.2) is 35.2 Å². The second kappa shape index (κ2) is 7.78. The van der Waals surface area contributed by atoms with E-state index in [0.29, 0.717) is 49.4 Å². The van der Waals surface area contributed by atoms with E-state index in [2.05, 4.69) is 10.2 Å². The van der Waals surface area contributed by atoms with Crippen molar-refractivity contribution in [2.24, 2.45) is 0 Å². The third kappa shape index (κ3) is 3.41. The van der Waals surface area contributed by atoms with Crippen LogP contribution in [0.2, 0.25) is 0 Å². The largest absolute Gasteiger partial charge is 0.332 e. The summed E-state index contributed by atoms with van der Waals surface area (Å²) in [7, 11) is 0. The van der Waals surface area contributed by atoms with Gasteiger partial charge in [-0.2, -0.15) is 5.10 Å². The first kappa shape index (κ1) is 20.2. The molecule has 0 aliphatic carbocycles. The maximum Gasteiger partial charge on any atom is 0.278 e. The first-order chi connectivity index (χ1) is 15.4. The topological polar surface area (TPSA) is 88.3 Å². The lowest BCUT2D eigenvalue weighted by Crippen LogP contribution is -2.26. The van der Waals surface area contributed by atoms with Gasteiger partial charge in [0.25, 0.3) is 5.56 Å². The zero-order valence-corrected chi connectivity index (χ0v) is 18.6. The van der Waals surface area contributed by atoms with Crippen LogP contribution in [0.5, 0.6) is 0 Å². The van der Waals surface area contributed by atoms with Gasteiger partial charge < -0.3 is 4.90 Å². The van der Waals surface area contributed by atoms with Crippen LogP contribution in [0.3, 0.4) is 0 Å². The van der Waals surface area contributed by atoms with E-state index in [0.717, 1.165) is 28.2 Å². The summed E-state index contributed by atoms with van der Waals surface area (Å²) in [5.74, 6) is 0.0389. The van der Waals surface area contributed by atoms with E-state index in [9.17, 15) is 9.59 Å². The van der Waals surface area contributed by atoms with Gasteiger partial charge in [-0.1, -0.05) is 30.3 Å². The van der Waals surface area contributed by atoms with E-state index in [4.69, 9.17) is 4.98 Å². The number of fused-ring (bicyclic) bond motifs is 2. The highest BCUT2D eigenvalue weighted by Gasteiger charge is 2.29. The third-order valence-corrected chi connectivity index (χ3v) is 6.11. The Hall–Kier alpha value is -3.68. The highest BCUT2D eigenvalue weighted by atomic mass is 16.2. The summed E-state index contributed by atoms with van der Waals surface area (Å²) in [6, 6.07) is 11.9. The lowest BCUT2D eigenvalue weighted by molar-refractivity contribution is -0.132. The zero-order valence-electron chi connectivity index (χ0n) is 18.6. The molecule has 1 aliphatic heterocycles. The monoisotopic (exact) mass is 430 g/mol. The maximum absolute atomic E-state index is 13.2. The van der Waals surface area contributed by atoms with Crippen LogP contribution in [0, 0.1) is 20.8 Å². The zero-order chi connectivity index (χ0) is 22.4. The molecule has 4 aromatic rings. The molecular weight excluding hydrogens is 404 g/mol. The Morgan fingerprint density at radius 1 is 1.12 bits per heavy atom. The molecule has 0 saturated heterocycles. The van der Waals surface area contributed by atoms with E-state index in [-0.39, 0.29) is 11.5 Å². The predicted octanol–water partition coefficient (Wildman–Crippen LogP) is 3.13. The molecule has 1 aromatic carbocycles. The van der Waals surface area contributed by atoms with E-state index >= 15 is 0 Å². The van der Waals surface area contributed by atoms with Gasteiger partial charge in [0.05, 0.1) is 30.0 Å². The number of carbonyl (C=O) groups excluding carboxylic acids is 1. The Morgan fingerprint density at radius 2 is 1.91 bits per heavy atom. The number of hydrogen-bond acceptors (Lipinski definition) is 4. The van der Waals surface area contributed by atoms with Crippen LogP contribution in [0.15, 0.2) is 41.2 Å². The van der Waals surface area contributed by atoms with Crippen LogP contribution in [0.4, 0.5) is 0 Å². The second-order valence-electron chi connectivity index (χ2n) is 8.48. The van der Waals surface area contributed by atoms with Crippen molar-refractivity contribution in [3.05, 3.63) is 75.1 Å². The molecule has 0 unspecified atom stereocenters. The summed E-state index contributed by atoms with van der Waals surface area (Å²) in [6.45, 7) is 7.31. The molecule has 1 aliphatic rings. The first-order valence-electron chi connectivity index (χ1n) is 10.9. The smallest absolute Gasteiger partial charge is 0.278 e. The van der Waals surface area contributed by atoms with Gasteiger partial charge in [0.1, 0.15) is 0 Å². The van der Waals surface area contributed by atoms with Crippen molar-refractivity contribution in [2.75, 3.05) is 0 Å². The molecule has 1 N–H and O–H groups in total. The van der Waals surface area contributed by atoms with Crippen LogP contribution in [0.25, 0.3) is 16.8 Å². The maximum atomic E-state index is 13.2. The van der Waals surface area contributed by atoms with E-state index in [1.807, 2.05) is 61.9 Å². The molecule has 1 amide bonds. The Balaban J connectivity index is 1.36. The highest BCUT2D eigenvalue weighted by Crippen LogP contribution is 2.28. The number of carbonyl (C=O) groups is 1. The molecule has 0 saturated carbocycles. The minimum Gasteiger partial charge on any atom is -0.332 e. The minimum absolute atomic E-state index is 0.0389. The Morgan fingerprint density at radius 3 is 2.62 bits per heavy atom. The molecule has 0 fully saturated rings. The van der Waals surface area contributed by atoms with Gasteiger partial charge in [-0.15, -0.1) is 0 Å². The molecule has 4 heterocycles.